The summed E-state index contributed by atoms with van der Waals surface area (Å²) in [5.41, 5.74) is 0.874. The van der Waals surface area contributed by atoms with E-state index in [4.69, 9.17) is 6.42 Å². The Morgan fingerprint density at radius 2 is 2.04 bits per heavy atom. The Labute approximate surface area is 138 Å². The zero-order valence-electron chi connectivity index (χ0n) is 13.0. The third-order valence-corrected chi connectivity index (χ3v) is 4.09. The van der Waals surface area contributed by atoms with Gasteiger partial charge in [0.2, 0.25) is 11.8 Å². The van der Waals surface area contributed by atoms with Gasteiger partial charge in [-0.05, 0) is 25.5 Å². The number of nitrogens with one attached hydrogen (secondary N) is 2. The van der Waals surface area contributed by atoms with Crippen LogP contribution in [-0.2, 0) is 9.59 Å². The van der Waals surface area contributed by atoms with Crippen molar-refractivity contribution in [3.63, 3.8) is 0 Å². The summed E-state index contributed by atoms with van der Waals surface area (Å²) in [4.78, 5) is 49.6. The van der Waals surface area contributed by atoms with E-state index in [0.717, 1.165) is 4.90 Å². The topological polar surface area (TPSA) is 95.6 Å². The van der Waals surface area contributed by atoms with Crippen LogP contribution in [0.3, 0.4) is 0 Å². The predicted octanol–water partition coefficient (Wildman–Crippen LogP) is 0.521. The van der Waals surface area contributed by atoms with E-state index in [1.807, 2.05) is 0 Å². The number of rotatable bonds is 3. The Morgan fingerprint density at radius 1 is 1.29 bits per heavy atom. The van der Waals surface area contributed by atoms with Crippen molar-refractivity contribution in [3.05, 3.63) is 29.3 Å². The van der Waals surface area contributed by atoms with Gasteiger partial charge in [-0.1, -0.05) is 12.0 Å². The van der Waals surface area contributed by atoms with E-state index in [9.17, 15) is 19.2 Å². The Bertz CT molecular complexity index is 809. The molecule has 24 heavy (non-hydrogen) atoms. The molecule has 0 radical (unpaired) electrons. The van der Waals surface area contributed by atoms with Gasteiger partial charge in [0.1, 0.15) is 6.04 Å². The van der Waals surface area contributed by atoms with Crippen LogP contribution in [0.1, 0.15) is 40.5 Å². The van der Waals surface area contributed by atoms with Crippen molar-refractivity contribution >= 4 is 29.3 Å². The van der Waals surface area contributed by atoms with Crippen molar-refractivity contribution in [2.75, 3.05) is 5.32 Å². The molecule has 2 N–H and O–H groups in total. The van der Waals surface area contributed by atoms with Crippen LogP contribution in [0.15, 0.2) is 18.2 Å². The molecule has 4 amide bonds. The second-order valence-corrected chi connectivity index (χ2v) is 5.71. The van der Waals surface area contributed by atoms with Crippen LogP contribution >= 0.6 is 0 Å². The van der Waals surface area contributed by atoms with Gasteiger partial charge in [0.15, 0.2) is 0 Å². The summed E-state index contributed by atoms with van der Waals surface area (Å²) in [5.74, 6) is 0.359. The van der Waals surface area contributed by atoms with E-state index in [0.29, 0.717) is 5.69 Å². The summed E-state index contributed by atoms with van der Waals surface area (Å²) >= 11 is 0. The largest absolute Gasteiger partial charge is 0.371 e. The molecule has 1 fully saturated rings. The summed E-state index contributed by atoms with van der Waals surface area (Å²) < 4.78 is 0. The van der Waals surface area contributed by atoms with Gasteiger partial charge in [-0.3, -0.25) is 29.4 Å². The molecule has 0 spiro atoms. The maximum absolute atomic E-state index is 12.8. The summed E-state index contributed by atoms with van der Waals surface area (Å²) in [5, 5.41) is 5.16. The molecular formula is C17H15N3O4. The quantitative estimate of drug-likeness (QED) is 0.624. The SMILES string of the molecule is C#CC(C)Nc1cccc2c1C(=O)N(C1CCC(=O)NC1=O)C2=O. The standard InChI is InChI=1S/C17H15N3O4/c1-3-9(2)18-11-6-4-5-10-14(11)17(24)20(16(10)23)12-7-8-13(21)19-15(12)22/h1,4-6,9,12,18H,7-8H2,2H3,(H,19,21,22). The fourth-order valence-electron chi connectivity index (χ4n) is 2.91. The zero-order valence-corrected chi connectivity index (χ0v) is 13.0. The van der Waals surface area contributed by atoms with E-state index in [1.54, 1.807) is 19.1 Å². The Hall–Kier alpha value is -3.14. The molecule has 2 aliphatic rings. The maximum Gasteiger partial charge on any atom is 0.264 e. The highest BCUT2D eigenvalue weighted by Gasteiger charge is 2.45. The van der Waals surface area contributed by atoms with Gasteiger partial charge < -0.3 is 5.32 Å². The lowest BCUT2D eigenvalue weighted by molar-refractivity contribution is -0.136. The molecule has 0 aliphatic carbocycles. The van der Waals surface area contributed by atoms with Crippen molar-refractivity contribution in [2.45, 2.75) is 31.8 Å². The van der Waals surface area contributed by atoms with Crippen LogP contribution in [0.2, 0.25) is 0 Å². The minimum absolute atomic E-state index is 0.0864. The summed E-state index contributed by atoms with van der Waals surface area (Å²) in [6.45, 7) is 1.75. The lowest BCUT2D eigenvalue weighted by Gasteiger charge is -2.27. The molecule has 1 aromatic carbocycles. The fourth-order valence-corrected chi connectivity index (χ4v) is 2.91. The van der Waals surface area contributed by atoms with Gasteiger partial charge in [-0.25, -0.2) is 0 Å². The number of hydrogen-bond acceptors (Lipinski definition) is 5. The van der Waals surface area contributed by atoms with Gasteiger partial charge in [0.25, 0.3) is 11.8 Å². The molecule has 2 unspecified atom stereocenters. The number of benzene rings is 1. The second kappa shape index (κ2) is 5.81. The van der Waals surface area contributed by atoms with Gasteiger partial charge in [-0.2, -0.15) is 0 Å². The molecule has 122 valence electrons. The normalized spacial score (nSPS) is 21.2. The average Bonchev–Trinajstić information content (AvgIpc) is 2.80. The minimum atomic E-state index is -0.979. The number of carbonyl (C=O) groups excluding carboxylic acids is 4. The van der Waals surface area contributed by atoms with E-state index >= 15 is 0 Å². The van der Waals surface area contributed by atoms with Crippen molar-refractivity contribution in [1.82, 2.24) is 10.2 Å². The molecule has 3 rings (SSSR count). The first-order valence-electron chi connectivity index (χ1n) is 7.51. The number of amides is 4. The highest BCUT2D eigenvalue weighted by molar-refractivity contribution is 6.25. The van der Waals surface area contributed by atoms with Crippen LogP contribution in [-0.4, -0.2) is 40.6 Å². The summed E-state index contributed by atoms with van der Waals surface area (Å²) in [7, 11) is 0. The molecule has 0 saturated carbocycles. The smallest absolute Gasteiger partial charge is 0.264 e. The molecule has 2 aliphatic heterocycles. The summed E-state index contributed by atoms with van der Waals surface area (Å²) in [6, 6.07) is 3.53. The highest BCUT2D eigenvalue weighted by atomic mass is 16.2. The number of imide groups is 2. The van der Waals surface area contributed by atoms with Crippen molar-refractivity contribution < 1.29 is 19.2 Å². The highest BCUT2D eigenvalue weighted by Crippen LogP contribution is 2.32. The molecule has 0 aromatic heterocycles. The first-order chi connectivity index (χ1) is 11.4. The van der Waals surface area contributed by atoms with Crippen molar-refractivity contribution in [1.29, 1.82) is 0 Å². The lowest BCUT2D eigenvalue weighted by Crippen LogP contribution is -2.54. The number of carbonyl (C=O) groups is 4. The van der Waals surface area contributed by atoms with Crippen LogP contribution in [0, 0.1) is 12.3 Å². The monoisotopic (exact) mass is 325 g/mol. The molecule has 7 nitrogen and oxygen atoms in total. The Kier molecular flexibility index (Phi) is 3.81. The van der Waals surface area contributed by atoms with Crippen LogP contribution in [0.25, 0.3) is 0 Å². The second-order valence-electron chi connectivity index (χ2n) is 5.71. The number of hydrogen-bond donors (Lipinski definition) is 2. The van der Waals surface area contributed by atoms with Gasteiger partial charge in [0.05, 0.1) is 17.2 Å². The number of terminal acetylenes is 1. The van der Waals surface area contributed by atoms with Gasteiger partial charge >= 0.3 is 0 Å². The molecular weight excluding hydrogens is 310 g/mol. The first kappa shape index (κ1) is 15.7. The number of nitrogens with zero attached hydrogens (tertiary/aromatic N) is 1. The molecule has 7 heteroatoms. The van der Waals surface area contributed by atoms with E-state index < -0.39 is 29.7 Å². The lowest BCUT2D eigenvalue weighted by atomic mass is 10.0. The van der Waals surface area contributed by atoms with Crippen LogP contribution in [0.5, 0.6) is 0 Å². The predicted molar refractivity (Wildman–Crippen MR) is 85.0 cm³/mol. The van der Waals surface area contributed by atoms with E-state index in [1.165, 1.54) is 6.07 Å². The minimum Gasteiger partial charge on any atom is -0.371 e. The number of piperidine rings is 1. The molecule has 2 atom stereocenters. The van der Waals surface area contributed by atoms with Crippen LogP contribution in [0.4, 0.5) is 5.69 Å². The summed E-state index contributed by atoms with van der Waals surface area (Å²) in [6.07, 6.45) is 5.55. The fraction of sp³-hybridized carbons (Fsp3) is 0.294. The number of fused-ring (bicyclic) bond motifs is 1. The Balaban J connectivity index is 1.97. The van der Waals surface area contributed by atoms with Crippen LogP contribution < -0.4 is 10.6 Å². The number of anilines is 1. The van der Waals surface area contributed by atoms with Crippen molar-refractivity contribution in [3.8, 4) is 12.3 Å². The van der Waals surface area contributed by atoms with E-state index in [2.05, 4.69) is 16.6 Å². The zero-order chi connectivity index (χ0) is 17.4. The molecule has 2 heterocycles. The van der Waals surface area contributed by atoms with Gasteiger partial charge in [-0.15, -0.1) is 6.42 Å². The maximum atomic E-state index is 12.8. The molecule has 0 bridgehead atoms. The average molecular weight is 325 g/mol. The van der Waals surface area contributed by atoms with Gasteiger partial charge in [0, 0.05) is 12.1 Å². The third-order valence-electron chi connectivity index (χ3n) is 4.09. The molecule has 1 saturated heterocycles. The first-order valence-corrected chi connectivity index (χ1v) is 7.51. The van der Waals surface area contributed by atoms with Crippen molar-refractivity contribution in [2.24, 2.45) is 0 Å². The Morgan fingerprint density at radius 3 is 2.71 bits per heavy atom. The molecule has 1 aromatic rings. The van der Waals surface area contributed by atoms with E-state index in [-0.39, 0.29) is 30.0 Å². The third kappa shape index (κ3) is 2.42.